The number of rotatable bonds is 9. The van der Waals surface area contributed by atoms with Crippen molar-refractivity contribution in [1.82, 2.24) is 0 Å². The van der Waals surface area contributed by atoms with E-state index in [9.17, 15) is 8.42 Å². The molecule has 0 unspecified atom stereocenters. The number of aryl methyl sites for hydroxylation is 3. The first-order chi connectivity index (χ1) is 16.8. The van der Waals surface area contributed by atoms with Gasteiger partial charge in [0.15, 0.2) is 0 Å². The average Bonchev–Trinajstić information content (AvgIpc) is 2.85. The van der Waals surface area contributed by atoms with Crippen LogP contribution < -0.4 is 15.1 Å². The van der Waals surface area contributed by atoms with Gasteiger partial charge in [-0.3, -0.25) is 0 Å². The van der Waals surface area contributed by atoms with Gasteiger partial charge in [-0.15, -0.1) is 0 Å². The Labute approximate surface area is 208 Å². The Morgan fingerprint density at radius 1 is 0.629 bits per heavy atom. The molecule has 0 atom stereocenters. The monoisotopic (exact) mass is 508 g/mol. The molecule has 0 aliphatic carbocycles. The summed E-state index contributed by atoms with van der Waals surface area (Å²) in [4.78, 5) is 0. The van der Waals surface area contributed by atoms with Crippen LogP contribution in [-0.2, 0) is 26.1 Å². The van der Waals surface area contributed by atoms with Crippen molar-refractivity contribution in [3.8, 4) is 5.75 Å². The first-order valence-corrected chi connectivity index (χ1v) is 14.4. The molecular weight excluding hydrogens is 479 g/mol. The zero-order chi connectivity index (χ0) is 24.9. The van der Waals surface area contributed by atoms with Crippen LogP contribution in [0.1, 0.15) is 22.3 Å². The van der Waals surface area contributed by atoms with Crippen molar-refractivity contribution >= 4 is 28.9 Å². The molecule has 0 spiro atoms. The van der Waals surface area contributed by atoms with Crippen LogP contribution in [0.4, 0.5) is 0 Å². The zero-order valence-corrected chi connectivity index (χ0v) is 21.7. The molecule has 4 aromatic carbocycles. The molecule has 0 aromatic heterocycles. The van der Waals surface area contributed by atoms with Crippen molar-refractivity contribution in [3.05, 3.63) is 125 Å². The number of benzene rings is 4. The van der Waals surface area contributed by atoms with Gasteiger partial charge in [-0.2, -0.15) is 0 Å². The Morgan fingerprint density at radius 2 is 1.11 bits per heavy atom. The summed E-state index contributed by atoms with van der Waals surface area (Å²) in [5.74, 6) is 0.488. The van der Waals surface area contributed by atoms with Gasteiger partial charge in [-0.1, -0.05) is 0 Å². The first kappa shape index (κ1) is 25.1. The molecule has 35 heavy (non-hydrogen) atoms. The van der Waals surface area contributed by atoms with E-state index in [0.717, 1.165) is 22.3 Å². The molecule has 0 amide bonds. The van der Waals surface area contributed by atoms with E-state index in [1.807, 2.05) is 118 Å². The molecule has 0 saturated heterocycles. The Morgan fingerprint density at radius 3 is 1.63 bits per heavy atom. The van der Waals surface area contributed by atoms with E-state index in [1.165, 1.54) is 0 Å². The summed E-state index contributed by atoms with van der Waals surface area (Å²) in [6.07, 6.45) is 0. The zero-order valence-electron chi connectivity index (χ0n) is 20.0. The van der Waals surface area contributed by atoms with E-state index in [0.29, 0.717) is 16.4 Å². The van der Waals surface area contributed by atoms with Crippen LogP contribution >= 0.6 is 7.28 Å². The average molecular weight is 509 g/mol. The Balaban J connectivity index is 2.13. The molecule has 0 fully saturated rings. The minimum atomic E-state index is -4.83. The van der Waals surface area contributed by atoms with Gasteiger partial charge in [0.2, 0.25) is 0 Å². The van der Waals surface area contributed by atoms with E-state index < -0.39 is 18.3 Å². The molecule has 0 N–H and O–H groups in total. The summed E-state index contributed by atoms with van der Waals surface area (Å²) < 4.78 is 44.9. The predicted octanol–water partition coefficient (Wildman–Crippen LogP) is 5.70. The number of thiol groups is 1. The predicted molar refractivity (Wildman–Crippen MR) is 143 cm³/mol. The second-order valence-electron chi connectivity index (χ2n) is 8.38. The molecule has 4 aromatic rings. The molecule has 4 rings (SSSR count). The molecule has 182 valence electrons. The Kier molecular flexibility index (Phi) is 7.39. The van der Waals surface area contributed by atoms with E-state index in [4.69, 9.17) is 13.0 Å². The van der Waals surface area contributed by atoms with Crippen molar-refractivity contribution in [2.45, 2.75) is 27.4 Å². The summed E-state index contributed by atoms with van der Waals surface area (Å²) in [6, 6.07) is 32.0. The third-order valence-electron chi connectivity index (χ3n) is 5.94. The van der Waals surface area contributed by atoms with E-state index >= 15 is 0 Å². The topological polar surface area (TPSA) is 61.8 Å². The summed E-state index contributed by atoms with van der Waals surface area (Å²) >= 11 is 0. The van der Waals surface area contributed by atoms with Crippen LogP contribution in [0, 0.1) is 20.8 Å². The van der Waals surface area contributed by atoms with Crippen molar-refractivity contribution in [2.24, 2.45) is 0 Å². The maximum absolute atomic E-state index is 12.6. The molecule has 0 heterocycles. The normalized spacial score (nSPS) is 12.7. The van der Waals surface area contributed by atoms with Gasteiger partial charge < -0.3 is 0 Å². The van der Waals surface area contributed by atoms with Gasteiger partial charge in [0.05, 0.1) is 0 Å². The van der Waals surface area contributed by atoms with E-state index in [1.54, 1.807) is 6.07 Å². The third-order valence-corrected chi connectivity index (χ3v) is 11.5. The van der Waals surface area contributed by atoms with Gasteiger partial charge in [0.25, 0.3) is 0 Å². The second-order valence-corrected chi connectivity index (χ2v) is 12.6. The van der Waals surface area contributed by atoms with E-state index in [2.05, 4.69) is 0 Å². The second kappa shape index (κ2) is 10.3. The Hall–Kier alpha value is -3.02. The van der Waals surface area contributed by atoms with Crippen LogP contribution in [0.3, 0.4) is 0 Å². The summed E-state index contributed by atoms with van der Waals surface area (Å²) in [6.45, 7) is 5.80. The van der Waals surface area contributed by atoms with Crippen molar-refractivity contribution in [3.63, 3.8) is 0 Å². The molecule has 0 radical (unpaired) electrons. The number of para-hydroxylation sites is 1. The molecule has 0 aliphatic heterocycles. The fraction of sp³-hybridized carbons (Fsp3) is 0.143. The first-order valence-electron chi connectivity index (χ1n) is 11.3. The van der Waals surface area contributed by atoms with Crippen LogP contribution in [0.2, 0.25) is 0 Å². The van der Waals surface area contributed by atoms with Crippen molar-refractivity contribution in [1.29, 1.82) is 0 Å². The van der Waals surface area contributed by atoms with Gasteiger partial charge in [0, 0.05) is 0 Å². The van der Waals surface area contributed by atoms with Crippen LogP contribution in [-0.4, -0.2) is 8.42 Å². The van der Waals surface area contributed by atoms with Crippen LogP contribution in [0.15, 0.2) is 103 Å². The molecule has 0 saturated carbocycles. The molecule has 5 nitrogen and oxygen atoms in total. The standard InChI is InChI=1S/C28H29O5PS/c1-22-13-7-10-18-26(22)32-34(33-35(29)30,27-19-11-8-14-23(27)2,28-20-12-9-15-24(28)3)31-21-25-16-5-4-6-17-25/h4-20,35H,21H2,1-3H3. The Bertz CT molecular complexity index is 1350. The van der Waals surface area contributed by atoms with Gasteiger partial charge in [-0.25, -0.2) is 0 Å². The fourth-order valence-corrected chi connectivity index (χ4v) is 10.0. The molecule has 0 aliphatic rings. The minimum absolute atomic E-state index is 0.0797. The summed E-state index contributed by atoms with van der Waals surface area (Å²) in [5.41, 5.74) is 3.29. The van der Waals surface area contributed by atoms with Crippen molar-refractivity contribution in [2.75, 3.05) is 0 Å². The molecule has 0 bridgehead atoms. The maximum atomic E-state index is 12.6. The number of hydrogen-bond acceptors (Lipinski definition) is 5. The van der Waals surface area contributed by atoms with Gasteiger partial charge in [-0.05, 0) is 0 Å². The quantitative estimate of drug-likeness (QED) is 0.232. The SMILES string of the molecule is Cc1ccccc1OP(OCc1ccccc1)(O[SH](=O)=O)(c1ccccc1C)c1ccccc1C. The van der Waals surface area contributed by atoms with E-state index in [-0.39, 0.29) is 6.61 Å². The van der Waals surface area contributed by atoms with Gasteiger partial charge in [0.1, 0.15) is 0 Å². The molecular formula is C28H29O5PS. The third kappa shape index (κ3) is 4.89. The van der Waals surface area contributed by atoms with Gasteiger partial charge >= 0.3 is 209 Å². The van der Waals surface area contributed by atoms with Crippen LogP contribution in [0.5, 0.6) is 5.75 Å². The van der Waals surface area contributed by atoms with Crippen molar-refractivity contribution < 1.29 is 21.4 Å². The number of hydrogen-bond donors (Lipinski definition) is 1. The summed E-state index contributed by atoms with van der Waals surface area (Å²) in [7, 11) is -8.22. The molecule has 7 heteroatoms. The summed E-state index contributed by atoms with van der Waals surface area (Å²) in [5, 5.41) is 1.12. The van der Waals surface area contributed by atoms with Crippen LogP contribution in [0.25, 0.3) is 0 Å². The fourth-order valence-electron chi connectivity index (χ4n) is 4.24.